The van der Waals surface area contributed by atoms with E-state index in [4.69, 9.17) is 5.73 Å². The summed E-state index contributed by atoms with van der Waals surface area (Å²) in [4.78, 5) is 11.1. The molecule has 1 unspecified atom stereocenters. The smallest absolute Gasteiger partial charge is 0.238 e. The van der Waals surface area contributed by atoms with Crippen LogP contribution in [-0.2, 0) is 14.6 Å². The Morgan fingerprint density at radius 2 is 2.06 bits per heavy atom. The van der Waals surface area contributed by atoms with Crippen molar-refractivity contribution in [3.63, 3.8) is 0 Å². The molecule has 94 valence electrons. The van der Waals surface area contributed by atoms with Crippen molar-refractivity contribution >= 4 is 21.4 Å². The van der Waals surface area contributed by atoms with Crippen LogP contribution in [0.15, 0.2) is 23.1 Å². The van der Waals surface area contributed by atoms with Crippen molar-refractivity contribution in [3.8, 4) is 0 Å². The first-order valence-corrected chi connectivity index (χ1v) is 6.36. The Bertz CT molecular complexity index is 542. The van der Waals surface area contributed by atoms with E-state index in [0.29, 0.717) is 0 Å². The highest BCUT2D eigenvalue weighted by Crippen LogP contribution is 2.23. The molecule has 0 bridgehead atoms. The first-order valence-electron chi connectivity index (χ1n) is 4.81. The van der Waals surface area contributed by atoms with Crippen molar-refractivity contribution in [2.45, 2.75) is 17.1 Å². The van der Waals surface area contributed by atoms with E-state index in [1.165, 1.54) is 14.0 Å². The van der Waals surface area contributed by atoms with Crippen LogP contribution in [0.5, 0.6) is 0 Å². The number of benzene rings is 1. The Labute approximate surface area is 98.7 Å². The van der Waals surface area contributed by atoms with Gasteiger partial charge in [0.2, 0.25) is 5.91 Å². The molecule has 1 aromatic carbocycles. The van der Waals surface area contributed by atoms with E-state index in [0.717, 1.165) is 18.2 Å². The number of nitrogens with one attached hydrogen (secondary N) is 1. The lowest BCUT2D eigenvalue weighted by atomic mass is 10.3. The van der Waals surface area contributed by atoms with Crippen molar-refractivity contribution in [1.82, 2.24) is 5.32 Å². The van der Waals surface area contributed by atoms with E-state index in [9.17, 15) is 17.6 Å². The second-order valence-corrected chi connectivity index (χ2v) is 5.72. The number of carbonyl (C=O) groups excluding carboxylic acids is 1. The van der Waals surface area contributed by atoms with Crippen LogP contribution in [0.2, 0.25) is 0 Å². The number of hydrogen-bond donors (Lipinski definition) is 2. The average Bonchev–Trinajstić information content (AvgIpc) is 2.26. The number of hydrogen-bond acceptors (Lipinski definition) is 4. The van der Waals surface area contributed by atoms with Crippen LogP contribution in [0, 0.1) is 5.82 Å². The Balaban J connectivity index is 3.27. The van der Waals surface area contributed by atoms with Crippen LogP contribution in [0.4, 0.5) is 10.1 Å². The summed E-state index contributed by atoms with van der Waals surface area (Å²) in [5.74, 6) is -1.28. The number of carbonyl (C=O) groups is 1. The van der Waals surface area contributed by atoms with Crippen LogP contribution in [0.3, 0.4) is 0 Å². The molecular weight excluding hydrogens is 247 g/mol. The molecule has 0 aromatic heterocycles. The molecule has 0 aliphatic heterocycles. The van der Waals surface area contributed by atoms with Gasteiger partial charge in [-0.15, -0.1) is 0 Å². The summed E-state index contributed by atoms with van der Waals surface area (Å²) in [6, 6.07) is 2.95. The molecule has 7 heteroatoms. The lowest BCUT2D eigenvalue weighted by Crippen LogP contribution is -2.36. The van der Waals surface area contributed by atoms with Gasteiger partial charge in [-0.25, -0.2) is 12.8 Å². The normalized spacial score (nSPS) is 13.1. The molecule has 0 radical (unpaired) electrons. The number of anilines is 1. The zero-order valence-corrected chi connectivity index (χ0v) is 10.2. The van der Waals surface area contributed by atoms with E-state index in [1.807, 2.05) is 0 Å². The molecule has 0 saturated carbocycles. The molecule has 0 aliphatic rings. The summed E-state index contributed by atoms with van der Waals surface area (Å²) in [6.07, 6.45) is 0. The van der Waals surface area contributed by atoms with Crippen LogP contribution < -0.4 is 11.1 Å². The fourth-order valence-corrected chi connectivity index (χ4v) is 2.74. The van der Waals surface area contributed by atoms with Gasteiger partial charge < -0.3 is 11.1 Å². The van der Waals surface area contributed by atoms with Gasteiger partial charge >= 0.3 is 0 Å². The van der Waals surface area contributed by atoms with Gasteiger partial charge in [-0.1, -0.05) is 0 Å². The quantitative estimate of drug-likeness (QED) is 0.605. The molecule has 3 N–H and O–H groups in total. The minimum absolute atomic E-state index is 0.208. The average molecular weight is 260 g/mol. The van der Waals surface area contributed by atoms with Crippen LogP contribution in [0.25, 0.3) is 0 Å². The lowest BCUT2D eigenvalue weighted by molar-refractivity contribution is -0.119. The van der Waals surface area contributed by atoms with Crippen molar-refractivity contribution < 1.29 is 17.6 Å². The zero-order valence-electron chi connectivity index (χ0n) is 9.40. The van der Waals surface area contributed by atoms with E-state index in [1.54, 1.807) is 0 Å². The number of rotatable bonds is 3. The predicted molar refractivity (Wildman–Crippen MR) is 61.5 cm³/mol. The predicted octanol–water partition coefficient (Wildman–Crippen LogP) is 0.316. The fraction of sp³-hybridized carbons (Fsp3) is 0.300. The van der Waals surface area contributed by atoms with Gasteiger partial charge in [0, 0.05) is 7.05 Å². The van der Waals surface area contributed by atoms with Gasteiger partial charge in [0.1, 0.15) is 11.1 Å². The first kappa shape index (κ1) is 13.4. The van der Waals surface area contributed by atoms with Crippen molar-refractivity contribution in [2.75, 3.05) is 12.8 Å². The highest BCUT2D eigenvalue weighted by molar-refractivity contribution is 7.93. The molecule has 1 amide bonds. The van der Waals surface area contributed by atoms with Gasteiger partial charge in [0.25, 0.3) is 0 Å². The largest absolute Gasteiger partial charge is 0.398 e. The third-order valence-electron chi connectivity index (χ3n) is 2.36. The number of nitrogen functional groups attached to an aromatic ring is 1. The Morgan fingerprint density at radius 1 is 1.47 bits per heavy atom. The molecule has 17 heavy (non-hydrogen) atoms. The molecule has 1 atom stereocenters. The summed E-state index contributed by atoms with van der Waals surface area (Å²) < 4.78 is 36.8. The molecule has 5 nitrogen and oxygen atoms in total. The summed E-state index contributed by atoms with van der Waals surface area (Å²) in [6.45, 7) is 1.25. The molecule has 1 rings (SSSR count). The number of nitrogens with two attached hydrogens (primary N) is 1. The second-order valence-electron chi connectivity index (χ2n) is 3.48. The van der Waals surface area contributed by atoms with Gasteiger partial charge in [0.15, 0.2) is 9.84 Å². The number of sulfone groups is 1. The summed E-state index contributed by atoms with van der Waals surface area (Å²) in [7, 11) is -2.57. The standard InChI is InChI=1S/C10H13FN2O3S/c1-6(10(14)13-2)17(15,16)9-4-3-7(11)5-8(9)12/h3-6H,12H2,1-2H3,(H,13,14). The van der Waals surface area contributed by atoms with E-state index in [-0.39, 0.29) is 10.6 Å². The maximum Gasteiger partial charge on any atom is 0.238 e. The molecule has 1 aromatic rings. The molecule has 0 aliphatic carbocycles. The van der Waals surface area contributed by atoms with Gasteiger partial charge in [-0.2, -0.15) is 0 Å². The topological polar surface area (TPSA) is 89.3 Å². The van der Waals surface area contributed by atoms with Crippen LogP contribution >= 0.6 is 0 Å². The maximum atomic E-state index is 12.8. The van der Waals surface area contributed by atoms with Gasteiger partial charge in [0.05, 0.1) is 10.6 Å². The molecule has 0 spiro atoms. The Kier molecular flexibility index (Phi) is 3.72. The highest BCUT2D eigenvalue weighted by atomic mass is 32.2. The summed E-state index contributed by atoms with van der Waals surface area (Å²) in [5.41, 5.74) is 5.23. The van der Waals surface area contributed by atoms with Crippen molar-refractivity contribution in [2.24, 2.45) is 0 Å². The maximum absolute atomic E-state index is 12.8. The number of halogens is 1. The third-order valence-corrected chi connectivity index (χ3v) is 4.49. The summed E-state index contributed by atoms with van der Waals surface area (Å²) >= 11 is 0. The molecule has 0 heterocycles. The van der Waals surface area contributed by atoms with Gasteiger partial charge in [-0.05, 0) is 25.1 Å². The monoisotopic (exact) mass is 260 g/mol. The zero-order chi connectivity index (χ0) is 13.2. The fourth-order valence-electron chi connectivity index (χ4n) is 1.31. The summed E-state index contributed by atoms with van der Waals surface area (Å²) in [5, 5.41) is 0.961. The van der Waals surface area contributed by atoms with E-state index < -0.39 is 26.8 Å². The van der Waals surface area contributed by atoms with Crippen LogP contribution in [-0.4, -0.2) is 26.6 Å². The SMILES string of the molecule is CNC(=O)C(C)S(=O)(=O)c1ccc(F)cc1N. The molecular formula is C10H13FN2O3S. The van der Waals surface area contributed by atoms with E-state index in [2.05, 4.69) is 5.32 Å². The Hall–Kier alpha value is -1.63. The van der Waals surface area contributed by atoms with Crippen molar-refractivity contribution in [3.05, 3.63) is 24.0 Å². The lowest BCUT2D eigenvalue weighted by Gasteiger charge is -2.13. The third kappa shape index (κ3) is 2.55. The molecule has 0 saturated heterocycles. The second kappa shape index (κ2) is 4.70. The van der Waals surface area contributed by atoms with E-state index >= 15 is 0 Å². The van der Waals surface area contributed by atoms with Crippen molar-refractivity contribution in [1.29, 1.82) is 0 Å². The number of amides is 1. The minimum Gasteiger partial charge on any atom is -0.398 e. The van der Waals surface area contributed by atoms with Crippen LogP contribution in [0.1, 0.15) is 6.92 Å². The minimum atomic E-state index is -3.90. The highest BCUT2D eigenvalue weighted by Gasteiger charge is 2.30. The first-order chi connectivity index (χ1) is 7.80. The molecule has 0 fully saturated rings. The Morgan fingerprint density at radius 3 is 2.53 bits per heavy atom. The van der Waals surface area contributed by atoms with Gasteiger partial charge in [-0.3, -0.25) is 4.79 Å².